The number of phenols is 1. The van der Waals surface area contributed by atoms with Gasteiger partial charge in [0.1, 0.15) is 5.75 Å². The lowest BCUT2D eigenvalue weighted by Gasteiger charge is -2.03. The molecule has 2 aromatic rings. The van der Waals surface area contributed by atoms with Crippen LogP contribution in [0.1, 0.15) is 5.56 Å². The predicted octanol–water partition coefficient (Wildman–Crippen LogP) is 3.42. The van der Waals surface area contributed by atoms with E-state index >= 15 is 0 Å². The molecule has 0 unspecified atom stereocenters. The van der Waals surface area contributed by atoms with Crippen molar-refractivity contribution in [3.63, 3.8) is 0 Å². The van der Waals surface area contributed by atoms with Crippen LogP contribution in [0.5, 0.6) is 5.75 Å². The van der Waals surface area contributed by atoms with E-state index < -0.39 is 0 Å². The lowest BCUT2D eigenvalue weighted by Crippen LogP contribution is -1.84. The fraction of sp³-hybridized carbons (Fsp3) is 0.0833. The quantitative estimate of drug-likeness (QED) is 0.797. The molecule has 0 aliphatic rings. The first-order valence-corrected chi connectivity index (χ1v) is 4.96. The predicted molar refractivity (Wildman–Crippen MR) is 61.1 cm³/mol. The van der Waals surface area contributed by atoms with E-state index in [1.807, 2.05) is 25.1 Å². The van der Waals surface area contributed by atoms with Crippen LogP contribution in [0.4, 0.5) is 0 Å². The maximum absolute atomic E-state index is 9.39. The smallest absolute Gasteiger partial charge is 0.118 e. The van der Waals surface area contributed by atoms with Crippen LogP contribution in [0, 0.1) is 6.92 Å². The highest BCUT2D eigenvalue weighted by Gasteiger charge is 2.01. The van der Waals surface area contributed by atoms with Crippen molar-refractivity contribution in [1.82, 2.24) is 4.98 Å². The summed E-state index contributed by atoms with van der Waals surface area (Å²) < 4.78 is 0. The molecule has 0 saturated carbocycles. The lowest BCUT2D eigenvalue weighted by molar-refractivity contribution is 0.471. The van der Waals surface area contributed by atoms with Gasteiger partial charge in [-0.2, -0.15) is 0 Å². The summed E-state index contributed by atoms with van der Waals surface area (Å²) in [4.78, 5) is 4.21. The van der Waals surface area contributed by atoms with Gasteiger partial charge in [-0.15, -0.1) is 0 Å². The standard InChI is InChI=1S/C12H10ClNO/c1-8-6-9(2-5-12(8)15)11-4-3-10(13)7-14-11/h2-7,15H,1H3. The van der Waals surface area contributed by atoms with Crippen molar-refractivity contribution in [2.24, 2.45) is 0 Å². The monoisotopic (exact) mass is 219 g/mol. The van der Waals surface area contributed by atoms with Crippen LogP contribution in [0.3, 0.4) is 0 Å². The maximum Gasteiger partial charge on any atom is 0.118 e. The number of benzene rings is 1. The van der Waals surface area contributed by atoms with Crippen LogP contribution in [-0.2, 0) is 0 Å². The van der Waals surface area contributed by atoms with E-state index in [-0.39, 0.29) is 0 Å². The van der Waals surface area contributed by atoms with Gasteiger partial charge in [-0.05, 0) is 42.8 Å². The zero-order valence-corrected chi connectivity index (χ0v) is 8.99. The summed E-state index contributed by atoms with van der Waals surface area (Å²) in [5.74, 6) is 0.299. The first-order valence-electron chi connectivity index (χ1n) is 4.58. The van der Waals surface area contributed by atoms with Gasteiger partial charge in [-0.3, -0.25) is 4.98 Å². The lowest BCUT2D eigenvalue weighted by atomic mass is 10.1. The molecule has 2 nitrogen and oxygen atoms in total. The van der Waals surface area contributed by atoms with E-state index in [9.17, 15) is 5.11 Å². The van der Waals surface area contributed by atoms with Crippen LogP contribution in [0.2, 0.25) is 5.02 Å². The molecule has 0 spiro atoms. The zero-order valence-electron chi connectivity index (χ0n) is 8.24. The van der Waals surface area contributed by atoms with Crippen molar-refractivity contribution >= 4 is 11.6 Å². The second-order valence-corrected chi connectivity index (χ2v) is 3.80. The second kappa shape index (κ2) is 3.91. The van der Waals surface area contributed by atoms with Crippen molar-refractivity contribution in [3.05, 3.63) is 47.1 Å². The van der Waals surface area contributed by atoms with Crippen LogP contribution >= 0.6 is 11.6 Å². The first-order chi connectivity index (χ1) is 7.16. The molecule has 0 radical (unpaired) electrons. The molecule has 1 N–H and O–H groups in total. The number of hydrogen-bond donors (Lipinski definition) is 1. The number of halogens is 1. The van der Waals surface area contributed by atoms with Gasteiger partial charge in [0, 0.05) is 11.8 Å². The van der Waals surface area contributed by atoms with Crippen LogP contribution < -0.4 is 0 Å². The molecule has 3 heteroatoms. The molecule has 0 saturated heterocycles. The summed E-state index contributed by atoms with van der Waals surface area (Å²) in [5.41, 5.74) is 2.66. The number of hydrogen-bond acceptors (Lipinski definition) is 2. The van der Waals surface area contributed by atoms with Gasteiger partial charge in [0.05, 0.1) is 10.7 Å². The highest BCUT2D eigenvalue weighted by atomic mass is 35.5. The van der Waals surface area contributed by atoms with Gasteiger partial charge in [0.15, 0.2) is 0 Å². The molecule has 76 valence electrons. The Bertz CT molecular complexity index is 479. The summed E-state index contributed by atoms with van der Waals surface area (Å²) >= 11 is 5.75. The van der Waals surface area contributed by atoms with E-state index in [1.165, 1.54) is 0 Å². The molecule has 1 aromatic carbocycles. The molecular weight excluding hydrogens is 210 g/mol. The van der Waals surface area contributed by atoms with Crippen molar-refractivity contribution in [2.75, 3.05) is 0 Å². The highest BCUT2D eigenvalue weighted by Crippen LogP contribution is 2.24. The Balaban J connectivity index is 2.45. The van der Waals surface area contributed by atoms with Crippen molar-refractivity contribution < 1.29 is 5.11 Å². The number of aromatic hydroxyl groups is 1. The molecule has 0 atom stereocenters. The van der Waals surface area contributed by atoms with Crippen molar-refractivity contribution in [1.29, 1.82) is 0 Å². The Hall–Kier alpha value is -1.54. The molecule has 15 heavy (non-hydrogen) atoms. The third-order valence-corrected chi connectivity index (χ3v) is 2.44. The summed E-state index contributed by atoms with van der Waals surface area (Å²) in [6.45, 7) is 1.86. The average Bonchev–Trinajstić information content (AvgIpc) is 2.23. The van der Waals surface area contributed by atoms with Gasteiger partial charge < -0.3 is 5.11 Å². The van der Waals surface area contributed by atoms with Gasteiger partial charge in [0.25, 0.3) is 0 Å². The van der Waals surface area contributed by atoms with Crippen LogP contribution in [0.25, 0.3) is 11.3 Å². The van der Waals surface area contributed by atoms with E-state index in [1.54, 1.807) is 18.3 Å². The third kappa shape index (κ3) is 2.10. The summed E-state index contributed by atoms with van der Waals surface area (Å²) in [7, 11) is 0. The molecule has 0 aliphatic heterocycles. The Morgan fingerprint density at radius 2 is 2.00 bits per heavy atom. The SMILES string of the molecule is Cc1cc(-c2ccc(Cl)cn2)ccc1O. The Kier molecular flexibility index (Phi) is 2.60. The number of phenolic OH excluding ortho intramolecular Hbond substituents is 1. The van der Waals surface area contributed by atoms with Gasteiger partial charge >= 0.3 is 0 Å². The number of nitrogens with zero attached hydrogens (tertiary/aromatic N) is 1. The fourth-order valence-electron chi connectivity index (χ4n) is 1.36. The molecule has 2 rings (SSSR count). The van der Waals surface area contributed by atoms with E-state index in [0.29, 0.717) is 10.8 Å². The van der Waals surface area contributed by atoms with Crippen LogP contribution in [0.15, 0.2) is 36.5 Å². The molecule has 0 bridgehead atoms. The number of aryl methyl sites for hydroxylation is 1. The largest absolute Gasteiger partial charge is 0.508 e. The maximum atomic E-state index is 9.39. The Labute approximate surface area is 93.2 Å². The molecular formula is C12H10ClNO. The molecule has 0 amide bonds. The summed E-state index contributed by atoms with van der Waals surface area (Å²) in [5, 5.41) is 10.0. The van der Waals surface area contributed by atoms with Gasteiger partial charge in [-0.1, -0.05) is 11.6 Å². The number of aromatic nitrogens is 1. The van der Waals surface area contributed by atoms with E-state index in [4.69, 9.17) is 11.6 Å². The van der Waals surface area contributed by atoms with Crippen molar-refractivity contribution in [3.8, 4) is 17.0 Å². The van der Waals surface area contributed by atoms with E-state index in [2.05, 4.69) is 4.98 Å². The van der Waals surface area contributed by atoms with Gasteiger partial charge in [0.2, 0.25) is 0 Å². The molecule has 0 fully saturated rings. The molecule has 1 aromatic heterocycles. The minimum atomic E-state index is 0.299. The van der Waals surface area contributed by atoms with E-state index in [0.717, 1.165) is 16.8 Å². The van der Waals surface area contributed by atoms with Gasteiger partial charge in [-0.25, -0.2) is 0 Å². The molecule has 1 heterocycles. The summed E-state index contributed by atoms with van der Waals surface area (Å²) in [6, 6.07) is 9.05. The minimum absolute atomic E-state index is 0.299. The third-order valence-electron chi connectivity index (χ3n) is 2.22. The molecule has 0 aliphatic carbocycles. The zero-order chi connectivity index (χ0) is 10.8. The first kappa shape index (κ1) is 9.99. The van der Waals surface area contributed by atoms with Crippen molar-refractivity contribution in [2.45, 2.75) is 6.92 Å². The Morgan fingerprint density at radius 3 is 2.60 bits per heavy atom. The highest BCUT2D eigenvalue weighted by molar-refractivity contribution is 6.30. The summed E-state index contributed by atoms with van der Waals surface area (Å²) in [6.07, 6.45) is 1.61. The second-order valence-electron chi connectivity index (χ2n) is 3.36. The average molecular weight is 220 g/mol. The number of pyridine rings is 1. The normalized spacial score (nSPS) is 10.3. The topological polar surface area (TPSA) is 33.1 Å². The van der Waals surface area contributed by atoms with Crippen LogP contribution in [-0.4, -0.2) is 10.1 Å². The minimum Gasteiger partial charge on any atom is -0.508 e. The fourth-order valence-corrected chi connectivity index (χ4v) is 1.47. The number of rotatable bonds is 1. The Morgan fingerprint density at radius 1 is 1.20 bits per heavy atom.